The monoisotopic (exact) mass is 329 g/mol. The molecule has 0 aromatic heterocycles. The van der Waals surface area contributed by atoms with Gasteiger partial charge in [-0.25, -0.2) is 0 Å². The molecule has 22 heavy (non-hydrogen) atoms. The third kappa shape index (κ3) is 3.24. The molecule has 1 N–H and O–H groups in total. The molecular weight excluding hydrogens is 317 g/mol. The Morgan fingerprint density at radius 3 is 2.55 bits per heavy atom. The minimum atomic E-state index is -0.111. The summed E-state index contributed by atoms with van der Waals surface area (Å²) in [6, 6.07) is 18.9. The first-order valence-corrected chi connectivity index (χ1v) is 7.60. The van der Waals surface area contributed by atoms with Crippen molar-refractivity contribution in [2.45, 2.75) is 6.42 Å². The Balaban J connectivity index is 1.81. The van der Waals surface area contributed by atoms with Gasteiger partial charge in [0, 0.05) is 21.1 Å². The average Bonchev–Trinajstić information content (AvgIpc) is 2.50. The van der Waals surface area contributed by atoms with Crippen molar-refractivity contribution in [3.05, 3.63) is 76.3 Å². The van der Waals surface area contributed by atoms with Gasteiger partial charge in [0.1, 0.15) is 0 Å². The van der Waals surface area contributed by atoms with E-state index in [0.717, 1.165) is 22.0 Å². The van der Waals surface area contributed by atoms with Gasteiger partial charge in [0.2, 0.25) is 5.91 Å². The van der Waals surface area contributed by atoms with Gasteiger partial charge in [0.05, 0.1) is 6.42 Å². The van der Waals surface area contributed by atoms with Gasteiger partial charge in [-0.2, -0.15) is 0 Å². The summed E-state index contributed by atoms with van der Waals surface area (Å²) in [5.41, 5.74) is 1.55. The number of halogens is 2. The van der Waals surface area contributed by atoms with Crippen molar-refractivity contribution in [1.82, 2.24) is 0 Å². The smallest absolute Gasteiger partial charge is 0.228 e. The molecule has 2 nitrogen and oxygen atoms in total. The van der Waals surface area contributed by atoms with E-state index in [4.69, 9.17) is 23.2 Å². The summed E-state index contributed by atoms with van der Waals surface area (Å²) in [6.45, 7) is 0. The van der Waals surface area contributed by atoms with Crippen LogP contribution < -0.4 is 5.32 Å². The van der Waals surface area contributed by atoms with E-state index in [1.165, 1.54) is 0 Å². The predicted octanol–water partition coefficient (Wildman–Crippen LogP) is 5.33. The first-order chi connectivity index (χ1) is 10.6. The van der Waals surface area contributed by atoms with Crippen LogP contribution in [0.5, 0.6) is 0 Å². The van der Waals surface area contributed by atoms with Crippen LogP contribution in [0.3, 0.4) is 0 Å². The number of rotatable bonds is 3. The van der Waals surface area contributed by atoms with E-state index in [1.54, 1.807) is 18.2 Å². The Bertz CT molecular complexity index is 840. The van der Waals surface area contributed by atoms with E-state index in [1.807, 2.05) is 42.5 Å². The lowest BCUT2D eigenvalue weighted by Crippen LogP contribution is -2.14. The topological polar surface area (TPSA) is 29.1 Å². The molecule has 0 fully saturated rings. The normalized spacial score (nSPS) is 10.6. The maximum atomic E-state index is 12.3. The number of carbonyl (C=O) groups is 1. The van der Waals surface area contributed by atoms with Crippen LogP contribution in [0.1, 0.15) is 5.56 Å². The molecule has 0 aliphatic heterocycles. The number of nitrogens with one attached hydrogen (secondary N) is 1. The van der Waals surface area contributed by atoms with E-state index in [9.17, 15) is 4.79 Å². The number of hydrogen-bond donors (Lipinski definition) is 1. The molecule has 0 radical (unpaired) electrons. The van der Waals surface area contributed by atoms with Crippen LogP contribution in [0.4, 0.5) is 5.69 Å². The van der Waals surface area contributed by atoms with Gasteiger partial charge in [-0.3, -0.25) is 4.79 Å². The van der Waals surface area contributed by atoms with Gasteiger partial charge in [-0.15, -0.1) is 0 Å². The lowest BCUT2D eigenvalue weighted by atomic mass is 10.1. The summed E-state index contributed by atoms with van der Waals surface area (Å²) in [4.78, 5) is 12.3. The van der Waals surface area contributed by atoms with E-state index < -0.39 is 0 Å². The molecule has 0 aliphatic carbocycles. The molecule has 0 aliphatic rings. The fourth-order valence-corrected chi connectivity index (χ4v) is 2.84. The quantitative estimate of drug-likeness (QED) is 0.691. The largest absolute Gasteiger partial charge is 0.325 e. The Kier molecular flexibility index (Phi) is 4.32. The van der Waals surface area contributed by atoms with Crippen LogP contribution in [-0.4, -0.2) is 5.91 Å². The number of fused-ring (bicyclic) bond motifs is 1. The predicted molar refractivity (Wildman–Crippen MR) is 92.7 cm³/mol. The molecule has 1 amide bonds. The van der Waals surface area contributed by atoms with Gasteiger partial charge in [0.15, 0.2) is 0 Å². The summed E-state index contributed by atoms with van der Waals surface area (Å²) in [5.74, 6) is -0.111. The molecule has 0 spiro atoms. The fourth-order valence-electron chi connectivity index (χ4n) is 2.37. The highest BCUT2D eigenvalue weighted by Crippen LogP contribution is 2.24. The molecule has 0 saturated heterocycles. The van der Waals surface area contributed by atoms with Crippen LogP contribution in [0.2, 0.25) is 10.0 Å². The maximum absolute atomic E-state index is 12.3. The molecule has 0 saturated carbocycles. The van der Waals surface area contributed by atoms with Crippen LogP contribution in [-0.2, 0) is 11.2 Å². The average molecular weight is 330 g/mol. The second-order valence-corrected chi connectivity index (χ2v) is 5.83. The highest BCUT2D eigenvalue weighted by molar-refractivity contribution is 6.35. The van der Waals surface area contributed by atoms with Crippen molar-refractivity contribution in [2.75, 3.05) is 5.32 Å². The molecule has 3 aromatic rings. The van der Waals surface area contributed by atoms with Crippen LogP contribution in [0, 0.1) is 0 Å². The zero-order valence-electron chi connectivity index (χ0n) is 11.6. The molecule has 0 bridgehead atoms. The molecule has 0 atom stereocenters. The number of hydrogen-bond acceptors (Lipinski definition) is 1. The van der Waals surface area contributed by atoms with E-state index in [-0.39, 0.29) is 12.3 Å². The first kappa shape index (κ1) is 14.9. The van der Waals surface area contributed by atoms with Crippen LogP contribution in [0.15, 0.2) is 60.7 Å². The van der Waals surface area contributed by atoms with Crippen LogP contribution in [0.25, 0.3) is 10.8 Å². The first-order valence-electron chi connectivity index (χ1n) is 6.85. The summed E-state index contributed by atoms with van der Waals surface area (Å²) < 4.78 is 0. The van der Waals surface area contributed by atoms with Gasteiger partial charge < -0.3 is 5.32 Å². The highest BCUT2D eigenvalue weighted by Gasteiger charge is 2.09. The van der Waals surface area contributed by atoms with E-state index in [2.05, 4.69) is 5.32 Å². The highest BCUT2D eigenvalue weighted by atomic mass is 35.5. The number of benzene rings is 3. The van der Waals surface area contributed by atoms with E-state index in [0.29, 0.717) is 10.0 Å². The lowest BCUT2D eigenvalue weighted by molar-refractivity contribution is -0.115. The minimum absolute atomic E-state index is 0.111. The van der Waals surface area contributed by atoms with Gasteiger partial charge in [0.25, 0.3) is 0 Å². The van der Waals surface area contributed by atoms with Gasteiger partial charge in [-0.1, -0.05) is 65.7 Å². The third-order valence-electron chi connectivity index (χ3n) is 3.43. The van der Waals surface area contributed by atoms with Crippen LogP contribution >= 0.6 is 23.2 Å². The molecule has 4 heteroatoms. The Morgan fingerprint density at radius 1 is 0.955 bits per heavy atom. The third-order valence-corrected chi connectivity index (χ3v) is 4.02. The maximum Gasteiger partial charge on any atom is 0.228 e. The second-order valence-electron chi connectivity index (χ2n) is 4.99. The van der Waals surface area contributed by atoms with Crippen molar-refractivity contribution in [1.29, 1.82) is 0 Å². The second kappa shape index (κ2) is 6.39. The van der Waals surface area contributed by atoms with Crippen molar-refractivity contribution in [2.24, 2.45) is 0 Å². The summed E-state index contributed by atoms with van der Waals surface area (Å²) in [6.07, 6.45) is 0.208. The minimum Gasteiger partial charge on any atom is -0.325 e. The zero-order chi connectivity index (χ0) is 15.5. The summed E-state index contributed by atoms with van der Waals surface area (Å²) >= 11 is 12.0. The number of anilines is 1. The van der Waals surface area contributed by atoms with Crippen molar-refractivity contribution in [3.63, 3.8) is 0 Å². The summed E-state index contributed by atoms with van der Waals surface area (Å²) in [5, 5.41) is 6.11. The van der Waals surface area contributed by atoms with E-state index >= 15 is 0 Å². The number of amides is 1. The molecule has 3 rings (SSSR count). The standard InChI is InChI=1S/C18H13Cl2NO/c19-14-9-8-13(16(20)11-14)10-18(22)21-17-7-3-5-12-4-1-2-6-15(12)17/h1-9,11H,10H2,(H,21,22). The molecular formula is C18H13Cl2NO. The molecule has 0 unspecified atom stereocenters. The molecule has 3 aromatic carbocycles. The van der Waals surface area contributed by atoms with Gasteiger partial charge >= 0.3 is 0 Å². The van der Waals surface area contributed by atoms with Gasteiger partial charge in [-0.05, 0) is 29.1 Å². The lowest BCUT2D eigenvalue weighted by Gasteiger charge is -2.09. The number of carbonyl (C=O) groups excluding carboxylic acids is 1. The Labute approximate surface area is 138 Å². The zero-order valence-corrected chi connectivity index (χ0v) is 13.2. The molecule has 110 valence electrons. The van der Waals surface area contributed by atoms with Crippen molar-refractivity contribution >= 4 is 45.6 Å². The fraction of sp³-hybridized carbons (Fsp3) is 0.0556. The Morgan fingerprint density at radius 2 is 1.73 bits per heavy atom. The SMILES string of the molecule is O=C(Cc1ccc(Cl)cc1Cl)Nc1cccc2ccccc12. The van der Waals surface area contributed by atoms with Crippen molar-refractivity contribution in [3.8, 4) is 0 Å². The molecule has 0 heterocycles. The summed E-state index contributed by atoms with van der Waals surface area (Å²) in [7, 11) is 0. The van der Waals surface area contributed by atoms with Crippen molar-refractivity contribution < 1.29 is 4.79 Å². The Hall–Kier alpha value is -2.03.